The van der Waals surface area contributed by atoms with Gasteiger partial charge in [-0.2, -0.15) is 5.10 Å². The molecule has 30 heavy (non-hydrogen) atoms. The van der Waals surface area contributed by atoms with Gasteiger partial charge in [0.15, 0.2) is 0 Å². The first-order valence-electron chi connectivity index (χ1n) is 11.1. The van der Waals surface area contributed by atoms with Gasteiger partial charge in [0, 0.05) is 38.7 Å². The molecule has 1 N–H and O–H groups in total. The quantitative estimate of drug-likeness (QED) is 0.433. The third-order valence-corrected chi connectivity index (χ3v) is 7.84. The van der Waals surface area contributed by atoms with Crippen molar-refractivity contribution in [2.45, 2.75) is 77.0 Å². The second-order valence-corrected chi connectivity index (χ2v) is 15.5. The molecule has 6 nitrogen and oxygen atoms in total. The Morgan fingerprint density at radius 3 is 2.83 bits per heavy atom. The summed E-state index contributed by atoms with van der Waals surface area (Å²) in [5.41, 5.74) is 4.26. The van der Waals surface area contributed by atoms with Gasteiger partial charge in [0.1, 0.15) is 12.4 Å². The molecule has 0 spiro atoms. The number of nitrogens with zero attached hydrogens (tertiary/aromatic N) is 4. The van der Waals surface area contributed by atoms with E-state index in [0.29, 0.717) is 12.6 Å². The number of aliphatic hydroxyl groups is 1. The zero-order chi connectivity index (χ0) is 21.3. The lowest BCUT2D eigenvalue weighted by Gasteiger charge is -2.25. The Morgan fingerprint density at radius 2 is 2.07 bits per heavy atom. The van der Waals surface area contributed by atoms with Crippen molar-refractivity contribution in [3.05, 3.63) is 42.0 Å². The largest absolute Gasteiger partial charge is 0.393 e. The maximum atomic E-state index is 10.1. The summed E-state index contributed by atoms with van der Waals surface area (Å²) in [6, 6.07) is 5.28. The number of hydrogen-bond donors (Lipinski definition) is 1. The summed E-state index contributed by atoms with van der Waals surface area (Å²) in [5, 5.41) is 16.0. The molecular formula is C23H34N4O2Si. The molecular weight excluding hydrogens is 392 g/mol. The fourth-order valence-corrected chi connectivity index (χ4v) is 5.12. The highest BCUT2D eigenvalue weighted by Crippen LogP contribution is 2.35. The summed E-state index contributed by atoms with van der Waals surface area (Å²) in [7, 11) is -1.09. The van der Waals surface area contributed by atoms with Crippen LogP contribution in [0, 0.1) is 6.92 Å². The molecule has 1 aliphatic carbocycles. The van der Waals surface area contributed by atoms with E-state index in [1.807, 2.05) is 23.1 Å². The number of ether oxygens (including phenoxy) is 1. The predicted octanol–water partition coefficient (Wildman–Crippen LogP) is 4.86. The van der Waals surface area contributed by atoms with Crippen molar-refractivity contribution in [1.29, 1.82) is 0 Å². The van der Waals surface area contributed by atoms with Crippen LogP contribution in [-0.2, 0) is 11.5 Å². The molecule has 7 heteroatoms. The highest BCUT2D eigenvalue weighted by molar-refractivity contribution is 6.76. The summed E-state index contributed by atoms with van der Waals surface area (Å²) in [6.45, 7) is 10.5. The smallest absolute Gasteiger partial charge is 0.143 e. The Kier molecular flexibility index (Phi) is 6.13. The fourth-order valence-electron chi connectivity index (χ4n) is 4.37. The topological polar surface area (TPSA) is 65.1 Å². The minimum Gasteiger partial charge on any atom is -0.393 e. The van der Waals surface area contributed by atoms with Crippen molar-refractivity contribution in [2.75, 3.05) is 6.61 Å². The van der Waals surface area contributed by atoms with Crippen LogP contribution in [0.25, 0.3) is 16.7 Å². The average Bonchev–Trinajstić information content (AvgIpc) is 3.28. The van der Waals surface area contributed by atoms with Crippen LogP contribution in [0.2, 0.25) is 25.7 Å². The van der Waals surface area contributed by atoms with Crippen LogP contribution in [-0.4, -0.2) is 45.2 Å². The molecule has 0 aliphatic heterocycles. The molecule has 3 aromatic heterocycles. The monoisotopic (exact) mass is 426 g/mol. The lowest BCUT2D eigenvalue weighted by atomic mass is 9.83. The lowest BCUT2D eigenvalue weighted by molar-refractivity contribution is 0.0899. The van der Waals surface area contributed by atoms with Crippen LogP contribution >= 0.6 is 0 Å². The first-order chi connectivity index (χ1) is 14.3. The van der Waals surface area contributed by atoms with Crippen molar-refractivity contribution in [2.24, 2.45) is 0 Å². The SMILES string of the molecule is Cc1nn(-c2ccnc3c2ccn3COCC[Si](C)(C)C)cc1C1CCCC(O)C1. The van der Waals surface area contributed by atoms with Gasteiger partial charge < -0.3 is 14.4 Å². The molecule has 3 aromatic rings. The van der Waals surface area contributed by atoms with Gasteiger partial charge in [0.05, 0.1) is 17.5 Å². The molecule has 1 fully saturated rings. The number of aliphatic hydroxyl groups excluding tert-OH is 1. The van der Waals surface area contributed by atoms with E-state index >= 15 is 0 Å². The molecule has 2 atom stereocenters. The van der Waals surface area contributed by atoms with Crippen molar-refractivity contribution < 1.29 is 9.84 Å². The Labute approximate surface area is 179 Å². The van der Waals surface area contributed by atoms with Crippen LogP contribution in [0.5, 0.6) is 0 Å². The molecule has 0 aromatic carbocycles. The number of aryl methyl sites for hydroxylation is 1. The Bertz CT molecular complexity index is 1000. The van der Waals surface area contributed by atoms with Crippen LogP contribution < -0.4 is 0 Å². The van der Waals surface area contributed by atoms with Gasteiger partial charge in [0.2, 0.25) is 0 Å². The molecule has 1 aliphatic rings. The third kappa shape index (κ3) is 4.68. The Balaban J connectivity index is 1.55. The van der Waals surface area contributed by atoms with E-state index < -0.39 is 8.07 Å². The summed E-state index contributed by atoms with van der Waals surface area (Å²) < 4.78 is 9.98. The van der Waals surface area contributed by atoms with Gasteiger partial charge in [-0.1, -0.05) is 26.1 Å². The molecule has 0 radical (unpaired) electrons. The van der Waals surface area contributed by atoms with E-state index in [1.54, 1.807) is 0 Å². The number of pyridine rings is 1. The summed E-state index contributed by atoms with van der Waals surface area (Å²) in [4.78, 5) is 4.60. The average molecular weight is 427 g/mol. The molecule has 1 saturated carbocycles. The summed E-state index contributed by atoms with van der Waals surface area (Å²) in [5.74, 6) is 0.393. The van der Waals surface area contributed by atoms with Gasteiger partial charge in [-0.3, -0.25) is 0 Å². The third-order valence-electron chi connectivity index (χ3n) is 6.14. The molecule has 0 bridgehead atoms. The van der Waals surface area contributed by atoms with E-state index in [9.17, 15) is 5.11 Å². The molecule has 162 valence electrons. The molecule has 4 rings (SSSR count). The van der Waals surface area contributed by atoms with E-state index in [1.165, 1.54) is 5.56 Å². The van der Waals surface area contributed by atoms with E-state index in [4.69, 9.17) is 9.84 Å². The molecule has 2 unspecified atom stereocenters. The zero-order valence-corrected chi connectivity index (χ0v) is 19.6. The fraction of sp³-hybridized carbons (Fsp3) is 0.565. The van der Waals surface area contributed by atoms with Gasteiger partial charge in [0.25, 0.3) is 0 Å². The van der Waals surface area contributed by atoms with Crippen molar-refractivity contribution >= 4 is 19.1 Å². The van der Waals surface area contributed by atoms with Crippen molar-refractivity contribution in [3.63, 3.8) is 0 Å². The van der Waals surface area contributed by atoms with Crippen LogP contribution in [0.15, 0.2) is 30.7 Å². The minimum absolute atomic E-state index is 0.186. The van der Waals surface area contributed by atoms with Crippen molar-refractivity contribution in [3.8, 4) is 5.69 Å². The maximum Gasteiger partial charge on any atom is 0.143 e. The number of hydrogen-bond acceptors (Lipinski definition) is 4. The number of aromatic nitrogens is 4. The highest BCUT2D eigenvalue weighted by Gasteiger charge is 2.25. The predicted molar refractivity (Wildman–Crippen MR) is 123 cm³/mol. The van der Waals surface area contributed by atoms with Crippen LogP contribution in [0.1, 0.15) is 42.9 Å². The van der Waals surface area contributed by atoms with E-state index in [0.717, 1.165) is 60.7 Å². The van der Waals surface area contributed by atoms with Gasteiger partial charge >= 0.3 is 0 Å². The Hall–Kier alpha value is -1.96. The first-order valence-corrected chi connectivity index (χ1v) is 14.8. The zero-order valence-electron chi connectivity index (χ0n) is 18.6. The number of fused-ring (bicyclic) bond motifs is 1. The van der Waals surface area contributed by atoms with E-state index in [-0.39, 0.29) is 6.10 Å². The molecule has 0 saturated heterocycles. The highest BCUT2D eigenvalue weighted by atomic mass is 28.3. The summed E-state index contributed by atoms with van der Waals surface area (Å²) in [6.07, 6.45) is 9.81. The van der Waals surface area contributed by atoms with Gasteiger partial charge in [-0.15, -0.1) is 0 Å². The second-order valence-electron chi connectivity index (χ2n) is 9.83. The normalized spacial score (nSPS) is 20.2. The Morgan fingerprint density at radius 1 is 1.23 bits per heavy atom. The van der Waals surface area contributed by atoms with Crippen LogP contribution in [0.4, 0.5) is 0 Å². The van der Waals surface area contributed by atoms with Crippen LogP contribution in [0.3, 0.4) is 0 Å². The van der Waals surface area contributed by atoms with E-state index in [2.05, 4.69) is 48.4 Å². The molecule has 0 amide bonds. The molecule has 3 heterocycles. The van der Waals surface area contributed by atoms with Crippen molar-refractivity contribution in [1.82, 2.24) is 19.3 Å². The van der Waals surface area contributed by atoms with Gasteiger partial charge in [-0.25, -0.2) is 9.67 Å². The second kappa shape index (κ2) is 8.65. The lowest BCUT2D eigenvalue weighted by Crippen LogP contribution is -2.22. The van der Waals surface area contributed by atoms with Gasteiger partial charge in [-0.05, 0) is 55.8 Å². The minimum atomic E-state index is -1.09. The standard InChI is InChI=1S/C23H34N4O2Si/c1-17-21(18-6-5-7-19(28)14-18)15-27(25-17)22-8-10-24-23-20(22)9-11-26(23)16-29-12-13-30(2,3)4/h8-11,15,18-19,28H,5-7,12-14,16H2,1-4H3. The summed E-state index contributed by atoms with van der Waals surface area (Å²) >= 11 is 0. The number of rotatable bonds is 7. The maximum absolute atomic E-state index is 10.1. The first kappa shape index (κ1) is 21.3.